The molecule has 2 saturated heterocycles. The molecule has 1 aromatic heterocycles. The Kier molecular flexibility index (Phi) is 4.29. The molecule has 2 unspecified atom stereocenters. The summed E-state index contributed by atoms with van der Waals surface area (Å²) >= 11 is 0. The van der Waals surface area contributed by atoms with Crippen molar-refractivity contribution in [3.8, 4) is 0 Å². The lowest BCUT2D eigenvalue weighted by Crippen LogP contribution is -2.35. The van der Waals surface area contributed by atoms with Crippen LogP contribution in [-0.2, 0) is 23.3 Å². The van der Waals surface area contributed by atoms with E-state index in [0.29, 0.717) is 0 Å². The number of hydrogen-bond acceptors (Lipinski definition) is 8. The van der Waals surface area contributed by atoms with Crippen LogP contribution in [-0.4, -0.2) is 50.0 Å². The van der Waals surface area contributed by atoms with Crippen molar-refractivity contribution in [2.24, 2.45) is 0 Å². The van der Waals surface area contributed by atoms with Gasteiger partial charge in [-0.2, -0.15) is 4.98 Å². The highest BCUT2D eigenvalue weighted by Gasteiger charge is 2.56. The van der Waals surface area contributed by atoms with Crippen LogP contribution in [0.2, 0.25) is 0 Å². The number of rotatable bonds is 4. The summed E-state index contributed by atoms with van der Waals surface area (Å²) in [5.74, 6) is -0.876. The van der Waals surface area contributed by atoms with Gasteiger partial charge in [-0.05, 0) is 19.9 Å². The minimum Gasteiger partial charge on any atom is -0.383 e. The quantitative estimate of drug-likeness (QED) is 0.588. The summed E-state index contributed by atoms with van der Waals surface area (Å²) in [6.07, 6.45) is -1.65. The van der Waals surface area contributed by atoms with Crippen LogP contribution >= 0.6 is 7.82 Å². The van der Waals surface area contributed by atoms with Gasteiger partial charge in [-0.1, -0.05) is 0 Å². The average Bonchev–Trinajstić information content (AvgIpc) is 2.90. The molecular weight excluding hydrogens is 345 g/mol. The van der Waals surface area contributed by atoms with Crippen molar-refractivity contribution in [2.45, 2.75) is 44.2 Å². The summed E-state index contributed by atoms with van der Waals surface area (Å²) < 4.78 is 33.8. The normalized spacial score (nSPS) is 32.0. The van der Waals surface area contributed by atoms with E-state index in [1.807, 2.05) is 0 Å². The highest BCUT2D eigenvalue weighted by Crippen LogP contribution is 2.44. The molecule has 24 heavy (non-hydrogen) atoms. The van der Waals surface area contributed by atoms with E-state index >= 15 is 0 Å². The molecule has 134 valence electrons. The van der Waals surface area contributed by atoms with Gasteiger partial charge in [0.15, 0.2) is 12.0 Å². The van der Waals surface area contributed by atoms with Crippen molar-refractivity contribution in [3.63, 3.8) is 0 Å². The van der Waals surface area contributed by atoms with Crippen molar-refractivity contribution >= 4 is 13.6 Å². The number of fused-ring (bicyclic) bond motifs is 1. The van der Waals surface area contributed by atoms with Gasteiger partial charge in [0, 0.05) is 6.20 Å². The Balaban J connectivity index is 1.87. The van der Waals surface area contributed by atoms with Crippen LogP contribution in [0.5, 0.6) is 0 Å². The second-order valence-electron chi connectivity index (χ2n) is 5.96. The number of aromatic nitrogens is 2. The topological polar surface area (TPSA) is 155 Å². The van der Waals surface area contributed by atoms with Crippen LogP contribution in [0, 0.1) is 0 Å². The number of nitrogens with zero attached hydrogens (tertiary/aromatic N) is 2. The van der Waals surface area contributed by atoms with E-state index in [-0.39, 0.29) is 5.82 Å². The summed E-state index contributed by atoms with van der Waals surface area (Å²) in [5.41, 5.74) is 4.84. The lowest BCUT2D eigenvalue weighted by atomic mass is 10.1. The first kappa shape index (κ1) is 17.5. The Labute approximate surface area is 136 Å². The molecule has 11 nitrogen and oxygen atoms in total. The molecule has 4 atom stereocenters. The Morgan fingerprint density at radius 2 is 2.08 bits per heavy atom. The van der Waals surface area contributed by atoms with Gasteiger partial charge in [0.2, 0.25) is 0 Å². The van der Waals surface area contributed by atoms with E-state index in [2.05, 4.69) is 9.51 Å². The van der Waals surface area contributed by atoms with Gasteiger partial charge in [-0.15, -0.1) is 0 Å². The monoisotopic (exact) mass is 363 g/mol. The standard InChI is InChI=1S/C12H18N3O8P/c1-12(2)22-8-6(5-20-24(17,18)19)21-10(9(8)23-12)15-4-3-7(13)14-11(15)16/h3-4,6,8-10H,5H2,1-2H3,(H2,13,14,16)(H2,17,18,19)/t6-,8?,9?,10-/m1/s1. The third kappa shape index (κ3) is 3.52. The number of phosphoric acid groups is 1. The third-order valence-electron chi connectivity index (χ3n) is 3.66. The molecular formula is C12H18N3O8P. The van der Waals surface area contributed by atoms with Gasteiger partial charge < -0.3 is 29.7 Å². The first-order valence-electron chi connectivity index (χ1n) is 7.12. The van der Waals surface area contributed by atoms with Crippen LogP contribution < -0.4 is 11.4 Å². The van der Waals surface area contributed by atoms with Crippen LogP contribution in [0.15, 0.2) is 17.1 Å². The number of nitrogen functional groups attached to an aromatic ring is 1. The number of ether oxygens (including phenoxy) is 3. The predicted molar refractivity (Wildman–Crippen MR) is 78.6 cm³/mol. The van der Waals surface area contributed by atoms with Crippen molar-refractivity contribution in [1.82, 2.24) is 9.55 Å². The smallest absolute Gasteiger partial charge is 0.383 e. The molecule has 0 aliphatic carbocycles. The second-order valence-corrected chi connectivity index (χ2v) is 7.20. The zero-order valence-corrected chi connectivity index (χ0v) is 13.8. The van der Waals surface area contributed by atoms with E-state index < -0.39 is 50.4 Å². The van der Waals surface area contributed by atoms with E-state index in [1.54, 1.807) is 13.8 Å². The fourth-order valence-corrected chi connectivity index (χ4v) is 3.15. The summed E-state index contributed by atoms with van der Waals surface area (Å²) in [6.45, 7) is 2.96. The number of hydrogen-bond donors (Lipinski definition) is 3. The molecule has 0 amide bonds. The van der Waals surface area contributed by atoms with Crippen LogP contribution in [0.3, 0.4) is 0 Å². The zero-order chi connectivity index (χ0) is 17.7. The minimum absolute atomic E-state index is 0.0658. The fourth-order valence-electron chi connectivity index (χ4n) is 2.81. The van der Waals surface area contributed by atoms with E-state index in [0.717, 1.165) is 0 Å². The highest BCUT2D eigenvalue weighted by molar-refractivity contribution is 7.46. The highest BCUT2D eigenvalue weighted by atomic mass is 31.2. The molecule has 0 aromatic carbocycles. The Morgan fingerprint density at radius 3 is 2.71 bits per heavy atom. The molecule has 4 N–H and O–H groups in total. The second kappa shape index (κ2) is 5.88. The van der Waals surface area contributed by atoms with Crippen LogP contribution in [0.25, 0.3) is 0 Å². The molecule has 0 bridgehead atoms. The van der Waals surface area contributed by atoms with Gasteiger partial charge >= 0.3 is 13.5 Å². The van der Waals surface area contributed by atoms with Gasteiger partial charge in [-0.3, -0.25) is 9.09 Å². The lowest BCUT2D eigenvalue weighted by Gasteiger charge is -2.24. The minimum atomic E-state index is -4.67. The van der Waals surface area contributed by atoms with Gasteiger partial charge in [0.1, 0.15) is 24.1 Å². The fraction of sp³-hybridized carbons (Fsp3) is 0.667. The number of nitrogens with two attached hydrogens (primary N) is 1. The van der Waals surface area contributed by atoms with Gasteiger partial charge in [-0.25, -0.2) is 9.36 Å². The van der Waals surface area contributed by atoms with Gasteiger partial charge in [0.05, 0.1) is 6.61 Å². The Hall–Kier alpha value is -1.33. The Bertz CT molecular complexity index is 731. The zero-order valence-electron chi connectivity index (χ0n) is 12.9. The number of anilines is 1. The molecule has 2 aliphatic heterocycles. The van der Waals surface area contributed by atoms with Crippen LogP contribution in [0.1, 0.15) is 20.1 Å². The summed E-state index contributed by atoms with van der Waals surface area (Å²) in [7, 11) is -4.67. The summed E-state index contributed by atoms with van der Waals surface area (Å²) in [5, 5.41) is 0. The van der Waals surface area contributed by atoms with E-state index in [1.165, 1.54) is 16.8 Å². The maximum Gasteiger partial charge on any atom is 0.469 e. The number of phosphoric ester groups is 1. The van der Waals surface area contributed by atoms with Crippen molar-refractivity contribution in [1.29, 1.82) is 0 Å². The van der Waals surface area contributed by atoms with E-state index in [9.17, 15) is 9.36 Å². The van der Waals surface area contributed by atoms with Crippen LogP contribution in [0.4, 0.5) is 5.82 Å². The molecule has 3 heterocycles. The molecule has 1 aromatic rings. The molecule has 0 spiro atoms. The molecule has 0 radical (unpaired) electrons. The SMILES string of the molecule is CC1(C)OC2C(O1)[C@@H](COP(=O)(O)O)O[C@H]2n1ccc(N)nc1=O. The first-order valence-corrected chi connectivity index (χ1v) is 8.65. The maximum absolute atomic E-state index is 12.0. The Morgan fingerprint density at radius 1 is 1.42 bits per heavy atom. The summed E-state index contributed by atoms with van der Waals surface area (Å²) in [6, 6.07) is 1.43. The third-order valence-corrected chi connectivity index (χ3v) is 4.14. The van der Waals surface area contributed by atoms with Gasteiger partial charge in [0.25, 0.3) is 0 Å². The van der Waals surface area contributed by atoms with Crippen molar-refractivity contribution in [3.05, 3.63) is 22.7 Å². The first-order chi connectivity index (χ1) is 11.1. The largest absolute Gasteiger partial charge is 0.469 e. The summed E-state index contributed by atoms with van der Waals surface area (Å²) in [4.78, 5) is 33.4. The van der Waals surface area contributed by atoms with Crippen molar-refractivity contribution < 1.29 is 33.1 Å². The molecule has 2 fully saturated rings. The maximum atomic E-state index is 12.0. The molecule has 2 aliphatic rings. The van der Waals surface area contributed by atoms with Crippen molar-refractivity contribution in [2.75, 3.05) is 12.3 Å². The molecule has 12 heteroatoms. The lowest BCUT2D eigenvalue weighted by molar-refractivity contribution is -0.200. The molecule has 0 saturated carbocycles. The molecule has 3 rings (SSSR count). The van der Waals surface area contributed by atoms with E-state index in [4.69, 9.17) is 29.7 Å². The average molecular weight is 363 g/mol. The predicted octanol–water partition coefficient (Wildman–Crippen LogP) is -0.648.